The van der Waals surface area contributed by atoms with Crippen molar-refractivity contribution >= 4 is 12.1 Å². The molecule has 0 spiro atoms. The molecule has 11 heteroatoms. The summed E-state index contributed by atoms with van der Waals surface area (Å²) in [5.41, 5.74) is -1.96. The van der Waals surface area contributed by atoms with Gasteiger partial charge >= 0.3 is 12.1 Å². The molecule has 10 unspecified atom stereocenters. The number of carbonyl (C=O) groups excluding carboxylic acids is 2. The summed E-state index contributed by atoms with van der Waals surface area (Å²) in [5.74, 6) is -0.964. The minimum Gasteiger partial charge on any atom is -0.457 e. The maximum Gasteiger partial charge on any atom is 0.407 e. The van der Waals surface area contributed by atoms with Crippen LogP contribution in [0.1, 0.15) is 73.6 Å². The molecule has 1 fully saturated rings. The first-order valence-electron chi connectivity index (χ1n) is 15.7. The highest BCUT2D eigenvalue weighted by Crippen LogP contribution is 2.37. The van der Waals surface area contributed by atoms with Gasteiger partial charge in [-0.05, 0) is 65.8 Å². The van der Waals surface area contributed by atoms with Gasteiger partial charge in [-0.1, -0.05) is 45.1 Å². The summed E-state index contributed by atoms with van der Waals surface area (Å²) in [6.07, 6.45) is 5.34. The van der Waals surface area contributed by atoms with Crippen LogP contribution < -0.4 is 5.32 Å². The smallest absolute Gasteiger partial charge is 0.407 e. The number of aliphatic hydroxyl groups is 4. The second kappa shape index (κ2) is 16.9. The molecular formula is C33H56N2O9. The number of rotatable bonds is 12. The molecule has 2 rings (SSSR count). The largest absolute Gasteiger partial charge is 0.457 e. The summed E-state index contributed by atoms with van der Waals surface area (Å²) in [5, 5.41) is 45.4. The number of cyclic esters (lactones) is 1. The molecular weight excluding hydrogens is 568 g/mol. The normalized spacial score (nSPS) is 33.8. The molecule has 0 aromatic rings. The van der Waals surface area contributed by atoms with Gasteiger partial charge in [0.25, 0.3) is 0 Å². The molecule has 44 heavy (non-hydrogen) atoms. The fourth-order valence-electron chi connectivity index (χ4n) is 5.34. The number of allylic oxidation sites excluding steroid dienone is 2. The Kier molecular flexibility index (Phi) is 14.5. The van der Waals surface area contributed by atoms with Crippen LogP contribution in [0.15, 0.2) is 36.0 Å². The number of amides is 1. The van der Waals surface area contributed by atoms with Crippen molar-refractivity contribution in [3.8, 4) is 0 Å². The van der Waals surface area contributed by atoms with Gasteiger partial charge in [-0.2, -0.15) is 0 Å². The zero-order valence-electron chi connectivity index (χ0n) is 27.7. The SMILES string of the molecule is CCC(O)C(C)C1OC1CC(C)(O)/C=C/C=C(\C)C1OC(=O)CC(O)CCC(C)(O)C(OC(=O)NCCN(C)C)/C=C/C1C. The molecule has 10 atom stereocenters. The lowest BCUT2D eigenvalue weighted by molar-refractivity contribution is -0.151. The first kappa shape index (κ1) is 37.9. The van der Waals surface area contributed by atoms with Crippen LogP contribution in [0.5, 0.6) is 0 Å². The Morgan fingerprint density at radius 3 is 2.66 bits per heavy atom. The summed E-state index contributed by atoms with van der Waals surface area (Å²) in [4.78, 5) is 27.2. The van der Waals surface area contributed by atoms with Crippen molar-refractivity contribution in [1.82, 2.24) is 10.2 Å². The fourth-order valence-corrected chi connectivity index (χ4v) is 5.34. The third kappa shape index (κ3) is 12.6. The van der Waals surface area contributed by atoms with Crippen LogP contribution in [0.2, 0.25) is 0 Å². The van der Waals surface area contributed by atoms with Gasteiger partial charge in [0.1, 0.15) is 11.7 Å². The van der Waals surface area contributed by atoms with Crippen LogP contribution >= 0.6 is 0 Å². The lowest BCUT2D eigenvalue weighted by Crippen LogP contribution is -2.45. The number of nitrogens with zero attached hydrogens (tertiary/aromatic N) is 1. The van der Waals surface area contributed by atoms with E-state index in [1.165, 1.54) is 6.92 Å². The molecule has 2 heterocycles. The Morgan fingerprint density at radius 1 is 1.34 bits per heavy atom. The number of esters is 1. The number of alkyl carbamates (subject to hydrolysis) is 1. The van der Waals surface area contributed by atoms with Gasteiger partial charge in [0.2, 0.25) is 0 Å². The van der Waals surface area contributed by atoms with Crippen LogP contribution in [0.25, 0.3) is 0 Å². The Hall–Kier alpha value is -2.28. The second-order valence-electron chi connectivity index (χ2n) is 13.3. The monoisotopic (exact) mass is 624 g/mol. The minimum absolute atomic E-state index is 0.0121. The maximum absolute atomic E-state index is 12.7. The van der Waals surface area contributed by atoms with Crippen LogP contribution in [-0.4, -0.2) is 112 Å². The van der Waals surface area contributed by atoms with E-state index in [0.29, 0.717) is 31.5 Å². The summed E-state index contributed by atoms with van der Waals surface area (Å²) in [6.45, 7) is 11.7. The van der Waals surface area contributed by atoms with Gasteiger partial charge in [-0.25, -0.2) is 4.79 Å². The zero-order valence-corrected chi connectivity index (χ0v) is 27.7. The molecule has 0 aliphatic carbocycles. The lowest BCUT2D eigenvalue weighted by atomic mass is 9.88. The van der Waals surface area contributed by atoms with E-state index in [9.17, 15) is 30.0 Å². The highest BCUT2D eigenvalue weighted by atomic mass is 16.6. The van der Waals surface area contributed by atoms with Crippen LogP contribution in [0.4, 0.5) is 4.79 Å². The average molecular weight is 625 g/mol. The number of carbonyl (C=O) groups is 2. The molecule has 1 amide bonds. The molecule has 0 bridgehead atoms. The Morgan fingerprint density at radius 2 is 2.02 bits per heavy atom. The van der Waals surface area contributed by atoms with Crippen molar-refractivity contribution in [3.63, 3.8) is 0 Å². The number of epoxide rings is 1. The van der Waals surface area contributed by atoms with Crippen molar-refractivity contribution in [1.29, 1.82) is 0 Å². The van der Waals surface area contributed by atoms with Crippen LogP contribution in [-0.2, 0) is 19.0 Å². The van der Waals surface area contributed by atoms with E-state index < -0.39 is 47.7 Å². The van der Waals surface area contributed by atoms with Crippen molar-refractivity contribution in [2.45, 2.75) is 121 Å². The summed E-state index contributed by atoms with van der Waals surface area (Å²) < 4.78 is 17.1. The standard InChI is InChI=1S/C33H56N2O9/c1-9-25(37)23(4)30-26(42-30)20-32(5,40)15-10-11-21(2)29-22(3)12-13-27(43-31(39)34-17-18-35(7)8)33(6,41)16-14-24(36)19-28(38)44-29/h10-13,15,22-27,29-30,36-37,40-41H,9,14,16-20H2,1-8H3,(H,34,39)/b13-12+,15-10+,21-11+. The third-order valence-corrected chi connectivity index (χ3v) is 8.43. The molecule has 1 saturated heterocycles. The van der Waals surface area contributed by atoms with E-state index in [4.69, 9.17) is 14.2 Å². The zero-order chi connectivity index (χ0) is 33.2. The second-order valence-corrected chi connectivity index (χ2v) is 13.3. The van der Waals surface area contributed by atoms with E-state index >= 15 is 0 Å². The van der Waals surface area contributed by atoms with Gasteiger partial charge < -0.3 is 44.9 Å². The highest BCUT2D eigenvalue weighted by molar-refractivity contribution is 5.70. The number of hydrogen-bond donors (Lipinski definition) is 5. The molecule has 11 nitrogen and oxygen atoms in total. The van der Waals surface area contributed by atoms with Gasteiger partial charge in [0, 0.05) is 31.3 Å². The average Bonchev–Trinajstić information content (AvgIpc) is 3.68. The third-order valence-electron chi connectivity index (χ3n) is 8.43. The van der Waals surface area contributed by atoms with Gasteiger partial charge in [-0.15, -0.1) is 0 Å². The van der Waals surface area contributed by atoms with Gasteiger partial charge in [-0.3, -0.25) is 4.79 Å². The maximum atomic E-state index is 12.7. The summed E-state index contributed by atoms with van der Waals surface area (Å²) in [7, 11) is 3.77. The Labute approximate surface area is 262 Å². The number of likely N-dealkylation sites (N-methyl/N-ethyl adjacent to an activating group) is 1. The molecule has 0 aromatic heterocycles. The van der Waals surface area contributed by atoms with Crippen molar-refractivity contribution < 1.29 is 44.2 Å². The van der Waals surface area contributed by atoms with Crippen molar-refractivity contribution in [2.75, 3.05) is 27.2 Å². The Bertz CT molecular complexity index is 1020. The topological polar surface area (TPSA) is 161 Å². The predicted molar refractivity (Wildman–Crippen MR) is 168 cm³/mol. The van der Waals surface area contributed by atoms with Crippen molar-refractivity contribution in [2.24, 2.45) is 11.8 Å². The van der Waals surface area contributed by atoms with Crippen molar-refractivity contribution in [3.05, 3.63) is 36.0 Å². The first-order valence-corrected chi connectivity index (χ1v) is 15.7. The number of ether oxygens (including phenoxy) is 3. The molecule has 0 aromatic carbocycles. The van der Waals surface area contributed by atoms with Crippen LogP contribution in [0.3, 0.4) is 0 Å². The quantitative estimate of drug-likeness (QED) is 0.0945. The number of nitrogens with one attached hydrogen (secondary N) is 1. The van der Waals surface area contributed by atoms with Gasteiger partial charge in [0.05, 0.1) is 36.4 Å². The first-order chi connectivity index (χ1) is 20.5. The number of aliphatic hydroxyl groups excluding tert-OH is 2. The summed E-state index contributed by atoms with van der Waals surface area (Å²) >= 11 is 0. The molecule has 252 valence electrons. The fraction of sp³-hybridized carbons (Fsp3) is 0.758. The van der Waals surface area contributed by atoms with Crippen LogP contribution in [0, 0.1) is 11.8 Å². The Balaban J connectivity index is 2.19. The predicted octanol–water partition coefficient (Wildman–Crippen LogP) is 2.86. The molecule has 0 radical (unpaired) electrons. The van der Waals surface area contributed by atoms with E-state index in [1.54, 1.807) is 44.2 Å². The lowest BCUT2D eigenvalue weighted by Gasteiger charge is -2.32. The highest BCUT2D eigenvalue weighted by Gasteiger charge is 2.47. The van der Waals surface area contributed by atoms with Gasteiger partial charge in [0.15, 0.2) is 6.10 Å². The molecule has 2 aliphatic rings. The molecule has 5 N–H and O–H groups in total. The molecule has 0 saturated carbocycles. The van der Waals surface area contributed by atoms with E-state index in [0.717, 1.165) is 0 Å². The minimum atomic E-state index is -1.50. The van der Waals surface area contributed by atoms with E-state index in [-0.39, 0.29) is 43.3 Å². The summed E-state index contributed by atoms with van der Waals surface area (Å²) in [6, 6.07) is 0. The van der Waals surface area contributed by atoms with E-state index in [1.807, 2.05) is 39.8 Å². The number of hydrogen-bond acceptors (Lipinski definition) is 10. The van der Waals surface area contributed by atoms with E-state index in [2.05, 4.69) is 5.32 Å². The molecule has 2 aliphatic heterocycles.